The Kier molecular flexibility index (Phi) is 7.02. The van der Waals surface area contributed by atoms with Crippen molar-refractivity contribution in [2.45, 2.75) is 43.3 Å². The number of anilines is 1. The van der Waals surface area contributed by atoms with Crippen LogP contribution < -0.4 is 5.32 Å². The van der Waals surface area contributed by atoms with E-state index >= 15 is 0 Å². The van der Waals surface area contributed by atoms with Crippen LogP contribution in [0.25, 0.3) is 0 Å². The first-order valence-corrected chi connectivity index (χ1v) is 9.57. The standard InChI is InChI=1S/C19H21Cl2NOS/c1-4-12(2)15-7-5-6-8-17(15)22-19(23)13(3)24-18-11-14(20)9-10-16(18)21/h5-13H,4H2,1-3H3,(H,22,23)/t12-,13-/m0/s1. The monoisotopic (exact) mass is 381 g/mol. The SMILES string of the molecule is CC[C@H](C)c1ccccc1NC(=O)[C@H](C)Sc1cc(Cl)ccc1Cl. The molecule has 1 N–H and O–H groups in total. The number of hydrogen-bond donors (Lipinski definition) is 1. The number of para-hydroxylation sites is 1. The molecule has 0 spiro atoms. The van der Waals surface area contributed by atoms with Gasteiger partial charge in [-0.2, -0.15) is 0 Å². The smallest absolute Gasteiger partial charge is 0.237 e. The number of rotatable bonds is 6. The highest BCUT2D eigenvalue weighted by molar-refractivity contribution is 8.00. The lowest BCUT2D eigenvalue weighted by Gasteiger charge is -2.18. The van der Waals surface area contributed by atoms with Crippen LogP contribution in [0.1, 0.15) is 38.7 Å². The van der Waals surface area contributed by atoms with E-state index in [9.17, 15) is 4.79 Å². The van der Waals surface area contributed by atoms with Crippen LogP contribution in [0.3, 0.4) is 0 Å². The molecule has 24 heavy (non-hydrogen) atoms. The highest BCUT2D eigenvalue weighted by Crippen LogP contribution is 2.33. The van der Waals surface area contributed by atoms with E-state index in [4.69, 9.17) is 23.2 Å². The Hall–Kier alpha value is -1.16. The molecule has 0 bridgehead atoms. The van der Waals surface area contributed by atoms with Gasteiger partial charge in [-0.1, -0.05) is 55.2 Å². The van der Waals surface area contributed by atoms with E-state index in [0.717, 1.165) is 22.6 Å². The summed E-state index contributed by atoms with van der Waals surface area (Å²) >= 11 is 13.6. The third-order valence-electron chi connectivity index (χ3n) is 3.93. The van der Waals surface area contributed by atoms with Gasteiger partial charge in [0.2, 0.25) is 5.91 Å². The Morgan fingerprint density at radius 3 is 2.58 bits per heavy atom. The zero-order valence-electron chi connectivity index (χ0n) is 14.0. The van der Waals surface area contributed by atoms with Crippen molar-refractivity contribution >= 4 is 46.6 Å². The molecule has 2 aromatic rings. The summed E-state index contributed by atoms with van der Waals surface area (Å²) in [6, 6.07) is 13.2. The fourth-order valence-corrected chi connectivity index (χ4v) is 3.72. The largest absolute Gasteiger partial charge is 0.325 e. The molecule has 2 atom stereocenters. The van der Waals surface area contributed by atoms with Gasteiger partial charge in [0.15, 0.2) is 0 Å². The minimum Gasteiger partial charge on any atom is -0.325 e. The highest BCUT2D eigenvalue weighted by atomic mass is 35.5. The summed E-state index contributed by atoms with van der Waals surface area (Å²) in [7, 11) is 0. The lowest BCUT2D eigenvalue weighted by Crippen LogP contribution is -2.23. The number of carbonyl (C=O) groups is 1. The van der Waals surface area contributed by atoms with E-state index in [-0.39, 0.29) is 11.2 Å². The number of hydrogen-bond acceptors (Lipinski definition) is 2. The van der Waals surface area contributed by atoms with Gasteiger partial charge >= 0.3 is 0 Å². The van der Waals surface area contributed by atoms with Crippen molar-refractivity contribution < 1.29 is 4.79 Å². The maximum atomic E-state index is 12.6. The van der Waals surface area contributed by atoms with Gasteiger partial charge in [0.05, 0.1) is 10.3 Å². The zero-order chi connectivity index (χ0) is 17.7. The molecule has 1 amide bonds. The van der Waals surface area contributed by atoms with Crippen LogP contribution in [-0.2, 0) is 4.79 Å². The second-order valence-corrected chi connectivity index (χ2v) is 7.95. The average Bonchev–Trinajstić information content (AvgIpc) is 2.57. The first-order chi connectivity index (χ1) is 11.4. The lowest BCUT2D eigenvalue weighted by molar-refractivity contribution is -0.115. The van der Waals surface area contributed by atoms with Crippen LogP contribution in [0.5, 0.6) is 0 Å². The zero-order valence-corrected chi connectivity index (χ0v) is 16.3. The Morgan fingerprint density at radius 1 is 1.17 bits per heavy atom. The minimum absolute atomic E-state index is 0.0493. The van der Waals surface area contributed by atoms with Crippen LogP contribution in [0, 0.1) is 0 Å². The molecule has 0 saturated heterocycles. The van der Waals surface area contributed by atoms with Gasteiger partial charge < -0.3 is 5.32 Å². The van der Waals surface area contributed by atoms with Crippen LogP contribution >= 0.6 is 35.0 Å². The Balaban J connectivity index is 2.11. The van der Waals surface area contributed by atoms with Gasteiger partial charge in [0.1, 0.15) is 0 Å². The third-order valence-corrected chi connectivity index (χ3v) is 5.76. The summed E-state index contributed by atoms with van der Waals surface area (Å²) < 4.78 is 0. The van der Waals surface area contributed by atoms with Crippen molar-refractivity contribution in [2.75, 3.05) is 5.32 Å². The number of benzene rings is 2. The molecule has 0 heterocycles. The Labute approximate surface area is 157 Å². The second-order valence-electron chi connectivity index (χ2n) is 5.72. The number of thioether (sulfide) groups is 1. The lowest BCUT2D eigenvalue weighted by atomic mass is 9.97. The normalized spacial score (nSPS) is 13.4. The van der Waals surface area contributed by atoms with Crippen LogP contribution in [0.15, 0.2) is 47.4 Å². The maximum Gasteiger partial charge on any atom is 0.237 e. The molecule has 2 rings (SSSR count). The van der Waals surface area contributed by atoms with Crippen molar-refractivity contribution in [3.8, 4) is 0 Å². The molecule has 0 fully saturated rings. The second kappa shape index (κ2) is 8.80. The quantitative estimate of drug-likeness (QED) is 0.569. The summed E-state index contributed by atoms with van der Waals surface area (Å²) in [5.41, 5.74) is 2.04. The summed E-state index contributed by atoms with van der Waals surface area (Å²) in [5, 5.41) is 3.97. The Bertz CT molecular complexity index is 720. The van der Waals surface area contributed by atoms with E-state index in [1.54, 1.807) is 18.2 Å². The molecule has 0 aliphatic carbocycles. The minimum atomic E-state index is -0.286. The van der Waals surface area contributed by atoms with E-state index in [1.165, 1.54) is 11.8 Å². The molecule has 128 valence electrons. The van der Waals surface area contributed by atoms with Crippen molar-refractivity contribution in [1.82, 2.24) is 0 Å². The van der Waals surface area contributed by atoms with Gasteiger partial charge in [0.25, 0.3) is 0 Å². The van der Waals surface area contributed by atoms with E-state index < -0.39 is 0 Å². The van der Waals surface area contributed by atoms with Gasteiger partial charge in [-0.3, -0.25) is 4.79 Å². The van der Waals surface area contributed by atoms with Crippen LogP contribution in [0.4, 0.5) is 5.69 Å². The fourth-order valence-electron chi connectivity index (χ4n) is 2.31. The number of carbonyl (C=O) groups excluding carboxylic acids is 1. The van der Waals surface area contributed by atoms with Crippen LogP contribution in [0.2, 0.25) is 10.0 Å². The predicted octanol–water partition coefficient (Wildman–Crippen LogP) is 6.63. The molecule has 0 aliphatic heterocycles. The topological polar surface area (TPSA) is 29.1 Å². The number of halogens is 2. The molecule has 0 saturated carbocycles. The molecular weight excluding hydrogens is 361 g/mol. The molecule has 0 unspecified atom stereocenters. The number of amides is 1. The van der Waals surface area contributed by atoms with Gasteiger partial charge in [-0.05, 0) is 49.1 Å². The van der Waals surface area contributed by atoms with E-state index in [0.29, 0.717) is 16.0 Å². The van der Waals surface area contributed by atoms with Gasteiger partial charge in [0, 0.05) is 15.6 Å². The average molecular weight is 382 g/mol. The summed E-state index contributed by atoms with van der Waals surface area (Å²) in [6.45, 7) is 6.17. The summed E-state index contributed by atoms with van der Waals surface area (Å²) in [4.78, 5) is 13.4. The highest BCUT2D eigenvalue weighted by Gasteiger charge is 2.18. The first-order valence-electron chi connectivity index (χ1n) is 7.93. The van der Waals surface area contributed by atoms with Crippen LogP contribution in [-0.4, -0.2) is 11.2 Å². The molecular formula is C19H21Cl2NOS. The molecule has 5 heteroatoms. The van der Waals surface area contributed by atoms with E-state index in [1.807, 2.05) is 25.1 Å². The van der Waals surface area contributed by atoms with Crippen molar-refractivity contribution in [3.05, 3.63) is 58.1 Å². The summed E-state index contributed by atoms with van der Waals surface area (Å²) in [6.07, 6.45) is 1.02. The molecule has 2 nitrogen and oxygen atoms in total. The molecule has 2 aromatic carbocycles. The Morgan fingerprint density at radius 2 is 1.88 bits per heavy atom. The van der Waals surface area contributed by atoms with Crippen molar-refractivity contribution in [3.63, 3.8) is 0 Å². The fraction of sp³-hybridized carbons (Fsp3) is 0.316. The first kappa shape index (κ1) is 19.2. The predicted molar refractivity (Wildman–Crippen MR) is 106 cm³/mol. The third kappa shape index (κ3) is 4.92. The van der Waals surface area contributed by atoms with Gasteiger partial charge in [-0.15, -0.1) is 11.8 Å². The maximum absolute atomic E-state index is 12.6. The molecule has 0 aromatic heterocycles. The van der Waals surface area contributed by atoms with Crippen molar-refractivity contribution in [1.29, 1.82) is 0 Å². The van der Waals surface area contributed by atoms with Gasteiger partial charge in [-0.25, -0.2) is 0 Å². The summed E-state index contributed by atoms with van der Waals surface area (Å²) in [5.74, 6) is 0.346. The molecule has 0 aliphatic rings. The number of nitrogens with one attached hydrogen (secondary N) is 1. The van der Waals surface area contributed by atoms with E-state index in [2.05, 4.69) is 25.2 Å². The molecule has 0 radical (unpaired) electrons. The van der Waals surface area contributed by atoms with Crippen molar-refractivity contribution in [2.24, 2.45) is 0 Å².